The van der Waals surface area contributed by atoms with Crippen LogP contribution in [0.4, 0.5) is 9.18 Å². The third kappa shape index (κ3) is 8.09. The molecule has 1 fully saturated rings. The van der Waals surface area contributed by atoms with E-state index in [1.54, 1.807) is 13.8 Å². The maximum absolute atomic E-state index is 15.4. The number of aromatic nitrogens is 1. The van der Waals surface area contributed by atoms with Gasteiger partial charge in [-0.3, -0.25) is 9.69 Å². The molecule has 1 aromatic heterocycles. The zero-order valence-corrected chi connectivity index (χ0v) is 32.6. The second-order valence-corrected chi connectivity index (χ2v) is 16.2. The van der Waals surface area contributed by atoms with E-state index in [0.717, 1.165) is 52.6 Å². The van der Waals surface area contributed by atoms with E-state index in [1.807, 2.05) is 26.8 Å². The summed E-state index contributed by atoms with van der Waals surface area (Å²) in [4.78, 5) is 48.1. The van der Waals surface area contributed by atoms with Crippen LogP contribution in [0, 0.1) is 12.7 Å². The van der Waals surface area contributed by atoms with Gasteiger partial charge in [-0.25, -0.2) is 19.0 Å². The molecule has 0 spiro atoms. The molecule has 298 valence electrons. The topological polar surface area (TPSA) is 152 Å². The Labute approximate surface area is 321 Å². The number of amides is 2. The number of aryl methyl sites for hydroxylation is 1. The molecule has 2 aromatic rings. The summed E-state index contributed by atoms with van der Waals surface area (Å²) < 4.78 is 37.9. The van der Waals surface area contributed by atoms with Crippen LogP contribution in [-0.2, 0) is 41.5 Å². The number of carbonyl (C=O) groups excluding carboxylic acids is 3. The third-order valence-electron chi connectivity index (χ3n) is 11.4. The average molecular weight is 764 g/mol. The number of carbonyl (C=O) groups is 3. The largest absolute Gasteiger partial charge is 0.459 e. The van der Waals surface area contributed by atoms with Crippen LogP contribution < -0.4 is 10.6 Å². The number of benzene rings is 1. The average Bonchev–Trinajstić information content (AvgIpc) is 3.50. The van der Waals surface area contributed by atoms with Gasteiger partial charge in [-0.2, -0.15) is 0 Å². The number of alkyl carbamates (subject to hydrolysis) is 1. The second kappa shape index (κ2) is 15.8. The molecular formula is C41H54FN5O8. The molecule has 2 unspecified atom stereocenters. The first kappa shape index (κ1) is 39.1. The number of hydrogen-bond donors (Lipinski definition) is 3. The van der Waals surface area contributed by atoms with Crippen LogP contribution >= 0.6 is 0 Å². The minimum Gasteiger partial charge on any atom is -0.459 e. The molecule has 4 aliphatic heterocycles. The van der Waals surface area contributed by atoms with Crippen LogP contribution in [0.15, 0.2) is 23.3 Å². The number of hydrogen-bond acceptors (Lipinski definition) is 11. The highest BCUT2D eigenvalue weighted by atomic mass is 19.1. The number of halogens is 1. The van der Waals surface area contributed by atoms with Gasteiger partial charge in [0.15, 0.2) is 11.9 Å². The molecular weight excluding hydrogens is 709 g/mol. The molecule has 2 amide bonds. The molecule has 5 heterocycles. The third-order valence-corrected chi connectivity index (χ3v) is 11.4. The van der Waals surface area contributed by atoms with Crippen LogP contribution in [0.1, 0.15) is 100 Å². The molecule has 7 rings (SSSR count). The molecule has 13 nitrogen and oxygen atoms in total. The maximum Gasteiger partial charge on any atom is 0.407 e. The van der Waals surface area contributed by atoms with Crippen molar-refractivity contribution in [2.45, 2.75) is 110 Å². The van der Waals surface area contributed by atoms with Gasteiger partial charge in [0.05, 0.1) is 29.6 Å². The van der Waals surface area contributed by atoms with Gasteiger partial charge in [0.25, 0.3) is 0 Å². The Bertz CT molecular complexity index is 1920. The Kier molecular flexibility index (Phi) is 11.2. The summed E-state index contributed by atoms with van der Waals surface area (Å²) in [5.41, 5.74) is 4.40. The molecule has 3 atom stereocenters. The van der Waals surface area contributed by atoms with Crippen molar-refractivity contribution in [2.75, 3.05) is 52.5 Å². The first-order valence-electron chi connectivity index (χ1n) is 19.7. The predicted octanol–water partition coefficient (Wildman–Crippen LogP) is 4.71. The Morgan fingerprint density at radius 1 is 1.16 bits per heavy atom. The highest BCUT2D eigenvalue weighted by molar-refractivity contribution is 5.94. The SMILES string of the molecule is CC[C@@]1(O)C(=O)OCC2=C1C=C1c3nc4cc(F)c(C)c5c4c(c3CN1C2)C(NC(=O)CCN(CCNC(=O)OC(C)(C)C)CCOC1CCCCO1)CC5. The lowest BCUT2D eigenvalue weighted by Gasteiger charge is -2.37. The summed E-state index contributed by atoms with van der Waals surface area (Å²) in [5, 5.41) is 18.4. The molecule has 0 saturated carbocycles. The number of fused-ring (bicyclic) bond motifs is 4. The van der Waals surface area contributed by atoms with Gasteiger partial charge in [0, 0.05) is 74.9 Å². The number of pyridine rings is 1. The summed E-state index contributed by atoms with van der Waals surface area (Å²) in [7, 11) is 0. The first-order chi connectivity index (χ1) is 26.3. The summed E-state index contributed by atoms with van der Waals surface area (Å²) in [5.74, 6) is -1.10. The Morgan fingerprint density at radius 2 is 1.98 bits per heavy atom. The number of aliphatic hydroxyl groups is 1. The van der Waals surface area contributed by atoms with Gasteiger partial charge in [-0.05, 0) is 94.6 Å². The van der Waals surface area contributed by atoms with Crippen molar-refractivity contribution in [3.63, 3.8) is 0 Å². The molecule has 55 heavy (non-hydrogen) atoms. The van der Waals surface area contributed by atoms with E-state index < -0.39 is 23.3 Å². The molecule has 0 bridgehead atoms. The van der Waals surface area contributed by atoms with Crippen molar-refractivity contribution < 1.29 is 42.8 Å². The number of ether oxygens (including phenoxy) is 4. The van der Waals surface area contributed by atoms with Crippen molar-refractivity contribution >= 4 is 34.6 Å². The van der Waals surface area contributed by atoms with Crippen LogP contribution in [0.2, 0.25) is 0 Å². The van der Waals surface area contributed by atoms with E-state index in [0.29, 0.717) is 87.7 Å². The zero-order chi connectivity index (χ0) is 39.1. The van der Waals surface area contributed by atoms with Crippen molar-refractivity contribution in [3.05, 3.63) is 57.1 Å². The lowest BCUT2D eigenvalue weighted by molar-refractivity contribution is -0.164. The van der Waals surface area contributed by atoms with E-state index in [4.69, 9.17) is 23.9 Å². The standard InChI is InChI=1S/C41H54FN5O8/c1-6-41(51)28-19-32-37-27(22-47(32)21-25(28)23-54-38(41)49)36-30(11-10-26-24(2)29(42)20-31(45-37)35(26)36)44-33(48)12-14-46(15-13-43-39(50)55-40(3,4)5)16-18-53-34-9-7-8-17-52-34/h19-20,30,34,51H,6-18,21-23H2,1-5H3,(H,43,50)(H,44,48)/t30?,34?,41-/m0/s1. The van der Waals surface area contributed by atoms with Crippen LogP contribution in [-0.4, -0.2) is 108 Å². The normalized spacial score (nSPS) is 23.2. The summed E-state index contributed by atoms with van der Waals surface area (Å²) in [6.45, 7) is 13.0. The van der Waals surface area contributed by atoms with Crippen molar-refractivity contribution in [1.29, 1.82) is 0 Å². The highest BCUT2D eigenvalue weighted by Gasteiger charge is 2.47. The second-order valence-electron chi connectivity index (χ2n) is 16.2. The van der Waals surface area contributed by atoms with E-state index in [2.05, 4.69) is 20.4 Å². The number of cyclic esters (lactones) is 1. The summed E-state index contributed by atoms with van der Waals surface area (Å²) in [6, 6.07) is 1.14. The Hall–Kier alpha value is -4.11. The molecule has 0 radical (unpaired) electrons. The maximum atomic E-state index is 15.4. The summed E-state index contributed by atoms with van der Waals surface area (Å²) in [6.07, 6.45) is 5.64. The van der Waals surface area contributed by atoms with Crippen LogP contribution in [0.5, 0.6) is 0 Å². The number of esters is 1. The fourth-order valence-corrected chi connectivity index (χ4v) is 8.47. The van der Waals surface area contributed by atoms with E-state index in [9.17, 15) is 19.5 Å². The quantitative estimate of drug-likeness (QED) is 0.258. The van der Waals surface area contributed by atoms with E-state index in [1.165, 1.54) is 6.07 Å². The van der Waals surface area contributed by atoms with E-state index in [-0.39, 0.29) is 43.5 Å². The van der Waals surface area contributed by atoms with Gasteiger partial charge >= 0.3 is 12.1 Å². The van der Waals surface area contributed by atoms with Gasteiger partial charge in [-0.15, -0.1) is 0 Å². The highest BCUT2D eigenvalue weighted by Crippen LogP contribution is 2.48. The van der Waals surface area contributed by atoms with Gasteiger partial charge in [0.2, 0.25) is 5.91 Å². The predicted molar refractivity (Wildman–Crippen MR) is 202 cm³/mol. The lowest BCUT2D eigenvalue weighted by Crippen LogP contribution is -2.47. The lowest BCUT2D eigenvalue weighted by atomic mass is 9.81. The smallest absolute Gasteiger partial charge is 0.407 e. The Morgan fingerprint density at radius 3 is 2.73 bits per heavy atom. The molecule has 1 aromatic carbocycles. The van der Waals surface area contributed by atoms with Crippen LogP contribution in [0.25, 0.3) is 16.6 Å². The van der Waals surface area contributed by atoms with Gasteiger partial charge in [0.1, 0.15) is 18.0 Å². The molecule has 1 saturated heterocycles. The molecule has 5 aliphatic rings. The van der Waals surface area contributed by atoms with E-state index >= 15 is 4.39 Å². The number of nitrogens with one attached hydrogen (secondary N) is 2. The van der Waals surface area contributed by atoms with Crippen molar-refractivity contribution in [2.24, 2.45) is 0 Å². The molecule has 14 heteroatoms. The molecule has 1 aliphatic carbocycles. The molecule has 3 N–H and O–H groups in total. The van der Waals surface area contributed by atoms with Gasteiger partial charge in [-0.1, -0.05) is 6.92 Å². The van der Waals surface area contributed by atoms with Gasteiger partial charge < -0.3 is 39.6 Å². The zero-order valence-electron chi connectivity index (χ0n) is 32.6. The summed E-state index contributed by atoms with van der Waals surface area (Å²) >= 11 is 0. The number of rotatable bonds is 12. The van der Waals surface area contributed by atoms with Crippen molar-refractivity contribution in [1.82, 2.24) is 25.4 Å². The number of nitrogens with zero attached hydrogens (tertiary/aromatic N) is 3. The fraction of sp³-hybridized carbons (Fsp3) is 0.610. The minimum atomic E-state index is -1.75. The monoisotopic (exact) mass is 763 g/mol. The fourth-order valence-electron chi connectivity index (χ4n) is 8.47. The Balaban J connectivity index is 1.10. The van der Waals surface area contributed by atoms with Crippen LogP contribution in [0.3, 0.4) is 0 Å². The van der Waals surface area contributed by atoms with Crippen molar-refractivity contribution in [3.8, 4) is 0 Å². The minimum absolute atomic E-state index is 0.108. The first-order valence-corrected chi connectivity index (χ1v) is 19.7.